The van der Waals surface area contributed by atoms with Gasteiger partial charge < -0.3 is 14.6 Å². The molecule has 0 saturated heterocycles. The van der Waals surface area contributed by atoms with Crippen LogP contribution in [0.15, 0.2) is 54.7 Å². The molecule has 3 aromatic carbocycles. The van der Waals surface area contributed by atoms with Gasteiger partial charge in [-0.15, -0.1) is 0 Å². The van der Waals surface area contributed by atoms with Gasteiger partial charge in [-0.3, -0.25) is 4.98 Å². The van der Waals surface area contributed by atoms with Crippen LogP contribution in [0.1, 0.15) is 43.6 Å². The Kier molecular flexibility index (Phi) is 5.09. The highest BCUT2D eigenvalue weighted by atomic mass is 16.5. The minimum atomic E-state index is -1.12. The molecule has 0 radical (unpaired) electrons. The first-order chi connectivity index (χ1) is 15.7. The van der Waals surface area contributed by atoms with Crippen LogP contribution in [0, 0.1) is 6.92 Å². The van der Waals surface area contributed by atoms with Crippen molar-refractivity contribution in [1.29, 1.82) is 0 Å². The van der Waals surface area contributed by atoms with Crippen molar-refractivity contribution in [3.63, 3.8) is 0 Å². The molecule has 1 aliphatic rings. The number of pyridine rings is 1. The molecule has 0 amide bonds. The first kappa shape index (κ1) is 21.4. The Labute approximate surface area is 193 Å². The van der Waals surface area contributed by atoms with Crippen molar-refractivity contribution in [3.05, 3.63) is 71.4 Å². The molecule has 1 aliphatic heterocycles. The fourth-order valence-corrected chi connectivity index (χ4v) is 4.82. The van der Waals surface area contributed by atoms with Gasteiger partial charge in [0.15, 0.2) is 6.10 Å². The third kappa shape index (κ3) is 3.72. The van der Waals surface area contributed by atoms with Crippen LogP contribution in [-0.4, -0.2) is 28.3 Å². The van der Waals surface area contributed by atoms with Crippen molar-refractivity contribution in [3.8, 4) is 16.9 Å². The number of benzene rings is 3. The molecule has 0 unspecified atom stereocenters. The Morgan fingerprint density at radius 3 is 2.70 bits per heavy atom. The quantitative estimate of drug-likeness (QED) is 0.406. The Morgan fingerprint density at radius 2 is 1.94 bits per heavy atom. The lowest BCUT2D eigenvalue weighted by molar-refractivity contribution is -0.160. The van der Waals surface area contributed by atoms with Gasteiger partial charge in [0.2, 0.25) is 0 Å². The van der Waals surface area contributed by atoms with Gasteiger partial charge in [0, 0.05) is 29.1 Å². The van der Waals surface area contributed by atoms with Gasteiger partial charge in [-0.2, -0.15) is 0 Å². The van der Waals surface area contributed by atoms with Gasteiger partial charge in [-0.25, -0.2) is 4.79 Å². The van der Waals surface area contributed by atoms with E-state index in [1.807, 2.05) is 76.4 Å². The Hall–Kier alpha value is -3.44. The molecule has 5 heteroatoms. The van der Waals surface area contributed by atoms with Gasteiger partial charge in [-0.1, -0.05) is 30.3 Å². The molecular weight excluding hydrogens is 414 g/mol. The minimum absolute atomic E-state index is 0.634. The average molecular weight is 442 g/mol. The summed E-state index contributed by atoms with van der Waals surface area (Å²) in [6, 6.07) is 16.1. The molecule has 1 aromatic heterocycles. The van der Waals surface area contributed by atoms with Crippen molar-refractivity contribution >= 4 is 27.6 Å². The summed E-state index contributed by atoms with van der Waals surface area (Å²) in [5, 5.41) is 13.3. The predicted octanol–water partition coefficient (Wildman–Crippen LogP) is 6.24. The van der Waals surface area contributed by atoms with Crippen molar-refractivity contribution < 1.29 is 19.4 Å². The average Bonchev–Trinajstić information content (AvgIpc) is 2.77. The second-order valence-corrected chi connectivity index (χ2v) is 9.56. The van der Waals surface area contributed by atoms with Gasteiger partial charge in [0.05, 0.1) is 17.7 Å². The van der Waals surface area contributed by atoms with E-state index in [4.69, 9.17) is 14.5 Å². The second kappa shape index (κ2) is 7.85. The monoisotopic (exact) mass is 441 g/mol. The molecule has 0 saturated carbocycles. The van der Waals surface area contributed by atoms with E-state index in [0.29, 0.717) is 12.2 Å². The Bertz CT molecular complexity index is 1390. The number of carboxylic acids is 1. The summed E-state index contributed by atoms with van der Waals surface area (Å²) in [5.74, 6) is -0.189. The van der Waals surface area contributed by atoms with Crippen LogP contribution in [0.25, 0.3) is 32.8 Å². The Morgan fingerprint density at radius 1 is 1.15 bits per heavy atom. The molecule has 0 aliphatic carbocycles. The predicted molar refractivity (Wildman–Crippen MR) is 130 cm³/mol. The van der Waals surface area contributed by atoms with Crippen LogP contribution >= 0.6 is 0 Å². The Balaban J connectivity index is 1.90. The molecule has 0 fully saturated rings. The van der Waals surface area contributed by atoms with Crippen molar-refractivity contribution in [2.45, 2.75) is 45.8 Å². The number of hydrogen-bond acceptors (Lipinski definition) is 4. The van der Waals surface area contributed by atoms with Crippen LogP contribution in [0.4, 0.5) is 0 Å². The first-order valence-electron chi connectivity index (χ1n) is 11.2. The van der Waals surface area contributed by atoms with Crippen LogP contribution in [0.5, 0.6) is 5.75 Å². The number of fused-ring (bicyclic) bond motifs is 1. The lowest BCUT2D eigenvalue weighted by Gasteiger charge is -2.29. The van der Waals surface area contributed by atoms with E-state index in [2.05, 4.69) is 6.07 Å². The van der Waals surface area contributed by atoms with E-state index in [1.54, 1.807) is 0 Å². The van der Waals surface area contributed by atoms with E-state index in [1.165, 1.54) is 5.56 Å². The molecule has 5 nitrogen and oxygen atoms in total. The van der Waals surface area contributed by atoms with Crippen molar-refractivity contribution in [2.75, 3.05) is 6.61 Å². The second-order valence-electron chi connectivity index (χ2n) is 9.56. The SMILES string of the molecule is Cc1cc2ccccc2c(-c2ccc3c4c(ccnc24)CCO3)c1[C@H](OC(C)(C)C)C(=O)O. The number of hydrogen-bond donors (Lipinski definition) is 1. The molecule has 168 valence electrons. The van der Waals surface area contributed by atoms with Crippen LogP contribution in [-0.2, 0) is 16.0 Å². The van der Waals surface area contributed by atoms with Crippen molar-refractivity contribution in [2.24, 2.45) is 0 Å². The standard InChI is InChI=1S/C28H27NO4/c1-16-15-18-7-5-6-8-19(18)24(22(16)26(27(30)31)33-28(2,3)4)20-9-10-21-23-17(12-14-32-21)11-13-29-25(20)23/h5-11,13,15,26H,12,14H2,1-4H3,(H,30,31)/t26-/m0/s1. The third-order valence-corrected chi connectivity index (χ3v) is 6.09. The number of aliphatic carboxylic acids is 1. The number of aryl methyl sites for hydroxylation is 1. The number of aromatic nitrogens is 1. The fourth-order valence-electron chi connectivity index (χ4n) is 4.82. The highest BCUT2D eigenvalue weighted by Crippen LogP contribution is 2.44. The molecule has 4 aromatic rings. The van der Waals surface area contributed by atoms with E-state index in [-0.39, 0.29) is 0 Å². The summed E-state index contributed by atoms with van der Waals surface area (Å²) in [6.07, 6.45) is 1.53. The maximum atomic E-state index is 12.5. The topological polar surface area (TPSA) is 68.7 Å². The molecule has 0 bridgehead atoms. The molecule has 5 rings (SSSR count). The summed E-state index contributed by atoms with van der Waals surface area (Å²) in [6.45, 7) is 8.22. The first-order valence-corrected chi connectivity index (χ1v) is 11.2. The summed E-state index contributed by atoms with van der Waals surface area (Å²) in [7, 11) is 0. The number of ether oxygens (including phenoxy) is 2. The molecule has 2 heterocycles. The van der Waals surface area contributed by atoms with Gasteiger partial charge in [0.1, 0.15) is 5.75 Å². The van der Waals surface area contributed by atoms with Gasteiger partial charge >= 0.3 is 5.97 Å². The zero-order chi connectivity index (χ0) is 23.3. The lowest BCUT2D eigenvalue weighted by Crippen LogP contribution is -2.28. The highest BCUT2D eigenvalue weighted by molar-refractivity contribution is 6.08. The van der Waals surface area contributed by atoms with Gasteiger partial charge in [-0.05, 0) is 73.4 Å². The molecule has 33 heavy (non-hydrogen) atoms. The largest absolute Gasteiger partial charge is 0.493 e. The summed E-state index contributed by atoms with van der Waals surface area (Å²) in [5.41, 5.74) is 4.66. The van der Waals surface area contributed by atoms with Crippen LogP contribution in [0.3, 0.4) is 0 Å². The smallest absolute Gasteiger partial charge is 0.337 e. The molecule has 1 N–H and O–H groups in total. The summed E-state index contributed by atoms with van der Waals surface area (Å²) >= 11 is 0. The van der Waals surface area contributed by atoms with E-state index >= 15 is 0 Å². The molecular formula is C28H27NO4. The zero-order valence-corrected chi connectivity index (χ0v) is 19.3. The summed E-state index contributed by atoms with van der Waals surface area (Å²) in [4.78, 5) is 17.3. The maximum Gasteiger partial charge on any atom is 0.337 e. The lowest BCUT2D eigenvalue weighted by atomic mass is 9.85. The van der Waals surface area contributed by atoms with E-state index < -0.39 is 17.7 Å². The summed E-state index contributed by atoms with van der Waals surface area (Å²) < 4.78 is 12.0. The maximum absolute atomic E-state index is 12.5. The van der Waals surface area contributed by atoms with E-state index in [9.17, 15) is 9.90 Å². The van der Waals surface area contributed by atoms with Gasteiger partial charge in [0.25, 0.3) is 0 Å². The van der Waals surface area contributed by atoms with E-state index in [0.717, 1.165) is 50.5 Å². The number of carboxylic acid groups (broad SMARTS) is 1. The van der Waals surface area contributed by atoms with Crippen LogP contribution < -0.4 is 4.74 Å². The number of rotatable bonds is 4. The highest BCUT2D eigenvalue weighted by Gasteiger charge is 2.32. The fraction of sp³-hybridized carbons (Fsp3) is 0.286. The molecule has 1 atom stereocenters. The normalized spacial score (nSPS) is 14.3. The van der Waals surface area contributed by atoms with Crippen molar-refractivity contribution in [1.82, 2.24) is 4.98 Å². The zero-order valence-electron chi connectivity index (χ0n) is 19.3. The third-order valence-electron chi connectivity index (χ3n) is 6.09. The minimum Gasteiger partial charge on any atom is -0.493 e. The number of nitrogens with zero attached hydrogens (tertiary/aromatic N) is 1. The number of carbonyl (C=O) groups is 1. The van der Waals surface area contributed by atoms with Crippen LogP contribution in [0.2, 0.25) is 0 Å². The molecule has 0 spiro atoms.